The highest BCUT2D eigenvalue weighted by molar-refractivity contribution is 7.89. The average molecular weight is 403 g/mol. The maximum atomic E-state index is 12.9. The fraction of sp³-hybridized carbons (Fsp3) is 0.450. The lowest BCUT2D eigenvalue weighted by Gasteiger charge is -2.34. The first-order valence-corrected chi connectivity index (χ1v) is 11.2. The Morgan fingerprint density at radius 2 is 2.00 bits per heavy atom. The molecule has 1 aliphatic heterocycles. The summed E-state index contributed by atoms with van der Waals surface area (Å²) in [5.74, 6) is 0.260. The van der Waals surface area contributed by atoms with Crippen molar-refractivity contribution in [2.75, 3.05) is 12.3 Å². The molecule has 0 spiro atoms. The molecule has 1 aromatic carbocycles. The van der Waals surface area contributed by atoms with Gasteiger partial charge in [0.25, 0.3) is 5.91 Å². The molecule has 3 rings (SSSR count). The van der Waals surface area contributed by atoms with Crippen LogP contribution in [0.25, 0.3) is 0 Å². The van der Waals surface area contributed by atoms with Crippen LogP contribution >= 0.6 is 0 Å². The quantitative estimate of drug-likeness (QED) is 0.802. The van der Waals surface area contributed by atoms with Crippen LogP contribution in [-0.2, 0) is 16.6 Å². The average Bonchev–Trinajstić information content (AvgIpc) is 2.72. The first-order chi connectivity index (χ1) is 13.4. The van der Waals surface area contributed by atoms with Gasteiger partial charge in [0.15, 0.2) is 0 Å². The monoisotopic (exact) mass is 402 g/mol. The van der Waals surface area contributed by atoms with Crippen molar-refractivity contribution in [3.63, 3.8) is 0 Å². The Labute approximate surface area is 166 Å². The Morgan fingerprint density at radius 3 is 2.71 bits per heavy atom. The van der Waals surface area contributed by atoms with Gasteiger partial charge >= 0.3 is 0 Å². The molecule has 0 saturated carbocycles. The van der Waals surface area contributed by atoms with E-state index in [1.165, 1.54) is 10.5 Å². The van der Waals surface area contributed by atoms with Crippen LogP contribution in [-0.4, -0.2) is 40.9 Å². The van der Waals surface area contributed by atoms with Crippen molar-refractivity contribution in [1.29, 1.82) is 0 Å². The standard InChI is InChI=1S/C20H26N4O3S/c1-3-28(26,27)24-12-8-7-11-18(24)19-17(14-21-15(2)23-19)20(25)22-13-16-9-5-4-6-10-16/h4-6,9-10,14,18H,3,7-8,11-13H2,1-2H3,(H,22,25)/t18-/m0/s1. The third-order valence-corrected chi connectivity index (χ3v) is 6.85. The smallest absolute Gasteiger partial charge is 0.255 e. The van der Waals surface area contributed by atoms with E-state index in [1.54, 1.807) is 13.8 Å². The minimum absolute atomic E-state index is 0.0309. The topological polar surface area (TPSA) is 92.3 Å². The zero-order chi connectivity index (χ0) is 20.1. The molecule has 2 heterocycles. The number of piperidine rings is 1. The van der Waals surface area contributed by atoms with E-state index in [0.29, 0.717) is 36.6 Å². The van der Waals surface area contributed by atoms with Gasteiger partial charge in [0, 0.05) is 19.3 Å². The number of benzene rings is 1. The maximum absolute atomic E-state index is 12.9. The summed E-state index contributed by atoms with van der Waals surface area (Å²) in [5, 5.41) is 2.89. The van der Waals surface area contributed by atoms with E-state index in [4.69, 9.17) is 0 Å². The number of carbonyl (C=O) groups excluding carboxylic acids is 1. The van der Waals surface area contributed by atoms with Gasteiger partial charge in [-0.2, -0.15) is 4.31 Å². The third-order valence-electron chi connectivity index (χ3n) is 4.97. The minimum Gasteiger partial charge on any atom is -0.348 e. The van der Waals surface area contributed by atoms with Gasteiger partial charge in [-0.3, -0.25) is 4.79 Å². The third kappa shape index (κ3) is 4.56. The van der Waals surface area contributed by atoms with E-state index in [-0.39, 0.29) is 11.7 Å². The number of nitrogens with zero attached hydrogens (tertiary/aromatic N) is 3. The minimum atomic E-state index is -3.39. The largest absolute Gasteiger partial charge is 0.348 e. The molecule has 8 heteroatoms. The molecule has 0 unspecified atom stereocenters. The summed E-state index contributed by atoms with van der Waals surface area (Å²) in [6, 6.07) is 9.18. The molecule has 0 radical (unpaired) electrons. The number of nitrogens with one attached hydrogen (secondary N) is 1. The number of hydrogen-bond acceptors (Lipinski definition) is 5. The van der Waals surface area contributed by atoms with Crippen molar-refractivity contribution >= 4 is 15.9 Å². The van der Waals surface area contributed by atoms with Crippen LogP contribution in [0.1, 0.15) is 59.7 Å². The first kappa shape index (κ1) is 20.4. The number of hydrogen-bond donors (Lipinski definition) is 1. The number of rotatable bonds is 6. The number of sulfonamides is 1. The van der Waals surface area contributed by atoms with E-state index in [9.17, 15) is 13.2 Å². The van der Waals surface area contributed by atoms with Crippen LogP contribution in [0.15, 0.2) is 36.5 Å². The number of amides is 1. The Hall–Kier alpha value is -2.32. The van der Waals surface area contributed by atoms with E-state index in [2.05, 4.69) is 15.3 Å². The molecule has 0 aliphatic carbocycles. The van der Waals surface area contributed by atoms with Gasteiger partial charge in [-0.1, -0.05) is 36.8 Å². The Balaban J connectivity index is 1.90. The van der Waals surface area contributed by atoms with Crippen LogP contribution in [0, 0.1) is 6.92 Å². The van der Waals surface area contributed by atoms with E-state index in [0.717, 1.165) is 18.4 Å². The van der Waals surface area contributed by atoms with Gasteiger partial charge in [0.05, 0.1) is 23.1 Å². The summed E-state index contributed by atoms with van der Waals surface area (Å²) in [6.07, 6.45) is 3.86. The van der Waals surface area contributed by atoms with Crippen molar-refractivity contribution in [1.82, 2.24) is 19.6 Å². The van der Waals surface area contributed by atoms with Crippen molar-refractivity contribution in [2.24, 2.45) is 0 Å². The van der Waals surface area contributed by atoms with Gasteiger partial charge in [0.2, 0.25) is 10.0 Å². The molecule has 1 amide bonds. The van der Waals surface area contributed by atoms with E-state index < -0.39 is 16.1 Å². The van der Waals surface area contributed by atoms with Crippen molar-refractivity contribution < 1.29 is 13.2 Å². The number of aromatic nitrogens is 2. The second-order valence-corrected chi connectivity index (χ2v) is 9.12. The molecule has 1 aliphatic rings. The fourth-order valence-corrected chi connectivity index (χ4v) is 4.80. The lowest BCUT2D eigenvalue weighted by atomic mass is 9.98. The highest BCUT2D eigenvalue weighted by Gasteiger charge is 2.35. The molecule has 1 aromatic heterocycles. The molecule has 2 aromatic rings. The predicted molar refractivity (Wildman–Crippen MR) is 107 cm³/mol. The summed E-state index contributed by atoms with van der Waals surface area (Å²) < 4.78 is 26.7. The summed E-state index contributed by atoms with van der Waals surface area (Å²) in [4.78, 5) is 21.5. The molecule has 7 nitrogen and oxygen atoms in total. The molecule has 1 N–H and O–H groups in total. The summed E-state index contributed by atoms with van der Waals surface area (Å²) >= 11 is 0. The molecule has 150 valence electrons. The number of aryl methyl sites for hydroxylation is 1. The van der Waals surface area contributed by atoms with Crippen LogP contribution < -0.4 is 5.32 Å². The van der Waals surface area contributed by atoms with Crippen LogP contribution in [0.4, 0.5) is 0 Å². The zero-order valence-corrected chi connectivity index (χ0v) is 17.1. The van der Waals surface area contributed by atoms with E-state index in [1.807, 2.05) is 30.3 Å². The second-order valence-electron chi connectivity index (χ2n) is 6.91. The summed E-state index contributed by atoms with van der Waals surface area (Å²) in [5.41, 5.74) is 1.82. The number of carbonyl (C=O) groups is 1. The Morgan fingerprint density at radius 1 is 1.25 bits per heavy atom. The van der Waals surface area contributed by atoms with Crippen molar-refractivity contribution in [3.05, 3.63) is 59.2 Å². The van der Waals surface area contributed by atoms with Crippen LogP contribution in [0.5, 0.6) is 0 Å². The summed E-state index contributed by atoms with van der Waals surface area (Å²) in [7, 11) is -3.39. The van der Waals surface area contributed by atoms with Crippen molar-refractivity contribution in [2.45, 2.75) is 45.7 Å². The van der Waals surface area contributed by atoms with E-state index >= 15 is 0 Å². The van der Waals surface area contributed by atoms with Crippen LogP contribution in [0.3, 0.4) is 0 Å². The molecule has 28 heavy (non-hydrogen) atoms. The first-order valence-electron chi connectivity index (χ1n) is 9.57. The normalized spacial score (nSPS) is 18.0. The lowest BCUT2D eigenvalue weighted by molar-refractivity contribution is 0.0946. The fourth-order valence-electron chi connectivity index (χ4n) is 3.47. The maximum Gasteiger partial charge on any atom is 0.255 e. The SMILES string of the molecule is CCS(=O)(=O)N1CCCC[C@H]1c1nc(C)ncc1C(=O)NCc1ccccc1. The van der Waals surface area contributed by atoms with Gasteiger partial charge < -0.3 is 5.32 Å². The highest BCUT2D eigenvalue weighted by atomic mass is 32.2. The molecular formula is C20H26N4O3S. The molecule has 1 saturated heterocycles. The lowest BCUT2D eigenvalue weighted by Crippen LogP contribution is -2.41. The molecule has 1 atom stereocenters. The Bertz CT molecular complexity index is 932. The van der Waals surface area contributed by atoms with Gasteiger partial charge in [-0.25, -0.2) is 18.4 Å². The van der Waals surface area contributed by atoms with Gasteiger partial charge in [-0.15, -0.1) is 0 Å². The molecule has 1 fully saturated rings. The van der Waals surface area contributed by atoms with Gasteiger partial charge in [0.1, 0.15) is 5.82 Å². The molecule has 0 bridgehead atoms. The van der Waals surface area contributed by atoms with Gasteiger partial charge in [-0.05, 0) is 32.3 Å². The summed E-state index contributed by atoms with van der Waals surface area (Å²) in [6.45, 7) is 4.22. The van der Waals surface area contributed by atoms with Crippen LogP contribution in [0.2, 0.25) is 0 Å². The van der Waals surface area contributed by atoms with Crippen molar-refractivity contribution in [3.8, 4) is 0 Å². The predicted octanol–water partition coefficient (Wildman–Crippen LogP) is 2.59. The Kier molecular flexibility index (Phi) is 6.41. The highest BCUT2D eigenvalue weighted by Crippen LogP contribution is 2.34. The zero-order valence-electron chi connectivity index (χ0n) is 16.3. The molecular weight excluding hydrogens is 376 g/mol. The second kappa shape index (κ2) is 8.79.